The molecule has 0 aliphatic heterocycles. The number of nitrogens with one attached hydrogen (secondary N) is 5. The highest BCUT2D eigenvalue weighted by Crippen LogP contribution is 2.10. The van der Waals surface area contributed by atoms with Crippen LogP contribution in [-0.4, -0.2) is 18.5 Å². The van der Waals surface area contributed by atoms with Crippen LogP contribution >= 0.6 is 24.0 Å². The Kier molecular flexibility index (Phi) is 16.7. The average Bonchev–Trinajstić information content (AvgIpc) is 2.65. The van der Waals surface area contributed by atoms with Gasteiger partial charge in [0.15, 0.2) is 11.9 Å². The Morgan fingerprint density at radius 1 is 0.786 bits per heavy atom. The van der Waals surface area contributed by atoms with E-state index in [0.29, 0.717) is 11.6 Å². The molecule has 0 spiro atoms. The van der Waals surface area contributed by atoms with E-state index in [1.54, 1.807) is 0 Å². The average molecular weight is 430 g/mol. The van der Waals surface area contributed by atoms with Crippen molar-refractivity contribution in [3.8, 4) is 0 Å². The summed E-state index contributed by atoms with van der Waals surface area (Å²) in [6.45, 7) is 3.55. The van der Waals surface area contributed by atoms with Crippen molar-refractivity contribution >= 4 is 35.9 Å². The summed E-state index contributed by atoms with van der Waals surface area (Å²) in [7, 11) is 0. The Bertz CT molecular complexity index is 534. The van der Waals surface area contributed by atoms with E-state index in [0.717, 1.165) is 18.5 Å². The fraction of sp³-hybridized carbons (Fsp3) is 0.619. The molecule has 0 aromatic heterocycles. The predicted molar refractivity (Wildman–Crippen MR) is 124 cm³/mol. The van der Waals surface area contributed by atoms with Crippen LogP contribution in [0.4, 0.5) is 0 Å². The molecule has 1 aromatic carbocycles. The lowest BCUT2D eigenvalue weighted by molar-refractivity contribution is 0.554. The van der Waals surface area contributed by atoms with Crippen LogP contribution in [0.2, 0.25) is 5.02 Å². The zero-order valence-corrected chi connectivity index (χ0v) is 18.7. The molecule has 5 nitrogen and oxygen atoms in total. The van der Waals surface area contributed by atoms with Crippen molar-refractivity contribution in [1.29, 1.82) is 10.8 Å². The first-order valence-electron chi connectivity index (χ1n) is 10.3. The van der Waals surface area contributed by atoms with Gasteiger partial charge in [-0.2, -0.15) is 0 Å². The van der Waals surface area contributed by atoms with E-state index in [9.17, 15) is 0 Å². The minimum atomic E-state index is 0. The summed E-state index contributed by atoms with van der Waals surface area (Å²) >= 11 is 5.85. The largest absolute Gasteiger partial charge is 0.356 e. The first-order valence-corrected chi connectivity index (χ1v) is 10.7. The van der Waals surface area contributed by atoms with E-state index in [1.807, 2.05) is 24.3 Å². The molecule has 5 N–H and O–H groups in total. The monoisotopic (exact) mass is 429 g/mol. The summed E-state index contributed by atoms with van der Waals surface area (Å²) in [4.78, 5) is 0. The van der Waals surface area contributed by atoms with E-state index in [2.05, 4.69) is 22.9 Å². The molecule has 0 saturated heterocycles. The molecule has 0 amide bonds. The zero-order valence-electron chi connectivity index (χ0n) is 17.1. The Morgan fingerprint density at radius 3 is 1.86 bits per heavy atom. The molecule has 0 saturated carbocycles. The molecular weight excluding hydrogens is 393 g/mol. The minimum Gasteiger partial charge on any atom is -0.356 e. The maximum atomic E-state index is 7.84. The molecule has 0 aliphatic carbocycles. The minimum absolute atomic E-state index is 0. The second kappa shape index (κ2) is 17.6. The molecule has 0 bridgehead atoms. The fourth-order valence-electron chi connectivity index (χ4n) is 2.83. The van der Waals surface area contributed by atoms with Crippen LogP contribution in [0.25, 0.3) is 0 Å². The van der Waals surface area contributed by atoms with Crippen molar-refractivity contribution < 1.29 is 0 Å². The van der Waals surface area contributed by atoms with Crippen LogP contribution in [-0.2, 0) is 6.54 Å². The van der Waals surface area contributed by atoms with Gasteiger partial charge in [0.25, 0.3) is 0 Å². The molecule has 0 aliphatic rings. The maximum absolute atomic E-state index is 7.84. The lowest BCUT2D eigenvalue weighted by Gasteiger charge is -2.12. The molecule has 0 unspecified atom stereocenters. The number of unbranched alkanes of at least 4 members (excludes halogenated alkanes) is 9. The third kappa shape index (κ3) is 14.6. The van der Waals surface area contributed by atoms with Gasteiger partial charge in [0.2, 0.25) is 0 Å². The Morgan fingerprint density at radius 2 is 1.29 bits per heavy atom. The third-order valence-corrected chi connectivity index (χ3v) is 4.72. The summed E-state index contributed by atoms with van der Waals surface area (Å²) in [5.41, 5.74) is 1.04. The summed E-state index contributed by atoms with van der Waals surface area (Å²) < 4.78 is 0. The molecule has 0 atom stereocenters. The van der Waals surface area contributed by atoms with Crippen LogP contribution < -0.4 is 16.0 Å². The van der Waals surface area contributed by atoms with Gasteiger partial charge in [-0.25, -0.2) is 0 Å². The van der Waals surface area contributed by atoms with Gasteiger partial charge >= 0.3 is 0 Å². The predicted octanol–water partition coefficient (Wildman–Crippen LogP) is 5.82. The standard InChI is InChI=1S/C21H36ClN5.ClH/c1-2-3-4-5-6-7-8-9-10-11-16-25-20(23)27-21(24)26-17-18-12-14-19(22)15-13-18;/h12-15H,2-11,16-17H2,1H3,(H5,23,24,25,26,27);1H. The Hall–Kier alpha value is -1.46. The topological polar surface area (TPSA) is 83.8 Å². The van der Waals surface area contributed by atoms with E-state index >= 15 is 0 Å². The van der Waals surface area contributed by atoms with Gasteiger partial charge in [-0.3, -0.25) is 16.1 Å². The first-order chi connectivity index (χ1) is 13.1. The maximum Gasteiger partial charge on any atom is 0.195 e. The lowest BCUT2D eigenvalue weighted by Crippen LogP contribution is -2.45. The van der Waals surface area contributed by atoms with Crippen LogP contribution in [0.15, 0.2) is 24.3 Å². The number of hydrogen-bond acceptors (Lipinski definition) is 2. The first kappa shape index (κ1) is 26.5. The van der Waals surface area contributed by atoms with E-state index in [4.69, 9.17) is 22.4 Å². The highest BCUT2D eigenvalue weighted by molar-refractivity contribution is 6.30. The molecular formula is C21H37Cl2N5. The highest BCUT2D eigenvalue weighted by atomic mass is 35.5. The normalized spacial score (nSPS) is 10.1. The molecule has 28 heavy (non-hydrogen) atoms. The van der Waals surface area contributed by atoms with Crippen molar-refractivity contribution in [3.63, 3.8) is 0 Å². The van der Waals surface area contributed by atoms with Gasteiger partial charge in [0.1, 0.15) is 0 Å². The molecule has 1 rings (SSSR count). The number of hydrogen-bond donors (Lipinski definition) is 5. The number of benzene rings is 1. The third-order valence-electron chi connectivity index (χ3n) is 4.46. The second-order valence-corrected chi connectivity index (χ2v) is 7.40. The molecule has 0 fully saturated rings. The lowest BCUT2D eigenvalue weighted by atomic mass is 10.1. The smallest absolute Gasteiger partial charge is 0.195 e. The van der Waals surface area contributed by atoms with Crippen LogP contribution in [0.3, 0.4) is 0 Å². The van der Waals surface area contributed by atoms with Crippen molar-refractivity contribution in [3.05, 3.63) is 34.9 Å². The van der Waals surface area contributed by atoms with Crippen LogP contribution in [0, 0.1) is 10.8 Å². The molecule has 160 valence electrons. The highest BCUT2D eigenvalue weighted by Gasteiger charge is 2.01. The van der Waals surface area contributed by atoms with E-state index in [-0.39, 0.29) is 24.3 Å². The van der Waals surface area contributed by atoms with E-state index in [1.165, 1.54) is 57.8 Å². The Balaban J connectivity index is 0.00000729. The van der Waals surface area contributed by atoms with Crippen LogP contribution in [0.5, 0.6) is 0 Å². The van der Waals surface area contributed by atoms with Gasteiger partial charge < -0.3 is 10.6 Å². The fourth-order valence-corrected chi connectivity index (χ4v) is 2.96. The van der Waals surface area contributed by atoms with Gasteiger partial charge in [-0.1, -0.05) is 88.4 Å². The Labute approximate surface area is 181 Å². The van der Waals surface area contributed by atoms with Crippen molar-refractivity contribution in [2.24, 2.45) is 0 Å². The molecule has 0 heterocycles. The number of halogens is 2. The summed E-state index contributed by atoms with van der Waals surface area (Å²) in [6, 6.07) is 7.48. The summed E-state index contributed by atoms with van der Waals surface area (Å²) in [5, 5.41) is 25.0. The SMILES string of the molecule is CCCCCCCCCCCCNC(=N)NC(=N)NCc1ccc(Cl)cc1.Cl. The second-order valence-electron chi connectivity index (χ2n) is 6.96. The molecule has 1 aromatic rings. The molecule has 0 radical (unpaired) electrons. The zero-order chi connectivity index (χ0) is 19.7. The van der Waals surface area contributed by atoms with Gasteiger partial charge in [0, 0.05) is 18.1 Å². The quantitative estimate of drug-likeness (QED) is 0.155. The van der Waals surface area contributed by atoms with Crippen molar-refractivity contribution in [1.82, 2.24) is 16.0 Å². The molecule has 7 heteroatoms. The van der Waals surface area contributed by atoms with Gasteiger partial charge in [-0.15, -0.1) is 12.4 Å². The number of rotatable bonds is 13. The summed E-state index contributed by atoms with van der Waals surface area (Å²) in [5.74, 6) is 0.282. The number of guanidine groups is 2. The van der Waals surface area contributed by atoms with Gasteiger partial charge in [0.05, 0.1) is 0 Å². The van der Waals surface area contributed by atoms with Gasteiger partial charge in [-0.05, 0) is 24.1 Å². The van der Waals surface area contributed by atoms with E-state index < -0.39 is 0 Å². The van der Waals surface area contributed by atoms with Crippen molar-refractivity contribution in [2.45, 2.75) is 77.7 Å². The summed E-state index contributed by atoms with van der Waals surface area (Å²) in [6.07, 6.45) is 13.0. The van der Waals surface area contributed by atoms with Crippen LogP contribution in [0.1, 0.15) is 76.7 Å². The van der Waals surface area contributed by atoms with Crippen molar-refractivity contribution in [2.75, 3.05) is 6.54 Å².